The standard InChI is InChI=1S/C16H20N2O4/c1-17(2)6-7-22-12-4-5-13-14(10-12)18(3)11(8-15(13)19)9-16(20)21/h4-5,8,10H,6-7,9H2,1-3H3,(H,20,21). The third-order valence-electron chi connectivity index (χ3n) is 3.46. The molecule has 118 valence electrons. The Morgan fingerprint density at radius 2 is 2.05 bits per heavy atom. The molecule has 6 heteroatoms. The number of aromatic nitrogens is 1. The van der Waals surface area contributed by atoms with E-state index >= 15 is 0 Å². The van der Waals surface area contributed by atoms with E-state index in [9.17, 15) is 9.59 Å². The van der Waals surface area contributed by atoms with Crippen molar-refractivity contribution in [1.82, 2.24) is 9.47 Å². The molecule has 22 heavy (non-hydrogen) atoms. The summed E-state index contributed by atoms with van der Waals surface area (Å²) in [6.07, 6.45) is -0.187. The third-order valence-corrected chi connectivity index (χ3v) is 3.46. The lowest BCUT2D eigenvalue weighted by Gasteiger charge is -2.14. The number of benzene rings is 1. The van der Waals surface area contributed by atoms with Gasteiger partial charge < -0.3 is 19.3 Å². The van der Waals surface area contributed by atoms with E-state index in [0.717, 1.165) is 6.54 Å². The van der Waals surface area contributed by atoms with E-state index in [2.05, 4.69) is 0 Å². The van der Waals surface area contributed by atoms with Crippen LogP contribution >= 0.6 is 0 Å². The number of hydrogen-bond acceptors (Lipinski definition) is 4. The molecular weight excluding hydrogens is 284 g/mol. The number of aliphatic carboxylic acids is 1. The average Bonchev–Trinajstić information content (AvgIpc) is 2.43. The first-order valence-electron chi connectivity index (χ1n) is 7.00. The molecule has 1 aromatic carbocycles. The quantitative estimate of drug-likeness (QED) is 0.865. The minimum Gasteiger partial charge on any atom is -0.492 e. The number of nitrogens with zero attached hydrogens (tertiary/aromatic N) is 2. The molecule has 2 aromatic rings. The zero-order valence-corrected chi connectivity index (χ0v) is 13.0. The molecule has 0 spiro atoms. The summed E-state index contributed by atoms with van der Waals surface area (Å²) in [5.41, 5.74) is 0.964. The predicted octanol–water partition coefficient (Wildman–Crippen LogP) is 1.11. The molecule has 2 rings (SSSR count). The van der Waals surface area contributed by atoms with E-state index in [0.29, 0.717) is 29.0 Å². The van der Waals surface area contributed by atoms with Gasteiger partial charge in [0.25, 0.3) is 0 Å². The van der Waals surface area contributed by atoms with Gasteiger partial charge in [0.15, 0.2) is 5.43 Å². The molecule has 0 unspecified atom stereocenters. The minimum absolute atomic E-state index is 0.177. The summed E-state index contributed by atoms with van der Waals surface area (Å²) in [7, 11) is 5.68. The van der Waals surface area contributed by atoms with Crippen molar-refractivity contribution in [3.63, 3.8) is 0 Å². The lowest BCUT2D eigenvalue weighted by molar-refractivity contribution is -0.136. The first-order chi connectivity index (χ1) is 10.4. The number of hydrogen-bond donors (Lipinski definition) is 1. The maximum absolute atomic E-state index is 12.1. The van der Waals surface area contributed by atoms with Crippen LogP contribution in [0.25, 0.3) is 10.9 Å². The number of carbonyl (C=O) groups is 1. The smallest absolute Gasteiger partial charge is 0.309 e. The second-order valence-corrected chi connectivity index (χ2v) is 5.46. The zero-order chi connectivity index (χ0) is 16.3. The number of carboxylic acid groups (broad SMARTS) is 1. The fourth-order valence-corrected chi connectivity index (χ4v) is 2.24. The predicted molar refractivity (Wildman–Crippen MR) is 84.6 cm³/mol. The van der Waals surface area contributed by atoms with Gasteiger partial charge >= 0.3 is 5.97 Å². The average molecular weight is 304 g/mol. The molecule has 0 saturated carbocycles. The Balaban J connectivity index is 2.39. The van der Waals surface area contributed by atoms with Crippen LogP contribution in [0, 0.1) is 0 Å². The van der Waals surface area contributed by atoms with Crippen LogP contribution in [0.1, 0.15) is 5.69 Å². The molecule has 6 nitrogen and oxygen atoms in total. The van der Waals surface area contributed by atoms with Crippen molar-refractivity contribution in [3.8, 4) is 5.75 Å². The molecule has 0 aliphatic rings. The first kappa shape index (κ1) is 16.0. The Labute approximate surface area is 128 Å². The van der Waals surface area contributed by atoms with Crippen molar-refractivity contribution in [2.75, 3.05) is 27.2 Å². The second kappa shape index (κ2) is 6.62. The van der Waals surface area contributed by atoms with Crippen molar-refractivity contribution in [3.05, 3.63) is 40.2 Å². The normalized spacial score (nSPS) is 11.1. The van der Waals surface area contributed by atoms with E-state index < -0.39 is 5.97 Å². The van der Waals surface area contributed by atoms with Crippen LogP contribution in [0.15, 0.2) is 29.1 Å². The fourth-order valence-electron chi connectivity index (χ4n) is 2.24. The lowest BCUT2D eigenvalue weighted by Crippen LogP contribution is -2.19. The summed E-state index contributed by atoms with van der Waals surface area (Å²) in [5.74, 6) is -0.301. The number of pyridine rings is 1. The van der Waals surface area contributed by atoms with Crippen LogP contribution < -0.4 is 10.2 Å². The molecule has 0 aliphatic heterocycles. The number of ether oxygens (including phenoxy) is 1. The van der Waals surface area contributed by atoms with Gasteiger partial charge in [-0.05, 0) is 26.2 Å². The van der Waals surface area contributed by atoms with Gasteiger partial charge in [-0.3, -0.25) is 9.59 Å². The zero-order valence-electron chi connectivity index (χ0n) is 13.0. The van der Waals surface area contributed by atoms with Gasteiger partial charge in [0, 0.05) is 36.8 Å². The molecule has 0 amide bonds. The van der Waals surface area contributed by atoms with Crippen molar-refractivity contribution in [2.45, 2.75) is 6.42 Å². The highest BCUT2D eigenvalue weighted by Crippen LogP contribution is 2.19. The van der Waals surface area contributed by atoms with Gasteiger partial charge in [0.2, 0.25) is 0 Å². The molecule has 0 atom stereocenters. The molecule has 0 saturated heterocycles. The fraction of sp³-hybridized carbons (Fsp3) is 0.375. The summed E-state index contributed by atoms with van der Waals surface area (Å²) in [6, 6.07) is 6.63. The van der Waals surface area contributed by atoms with Crippen molar-refractivity contribution in [2.24, 2.45) is 7.05 Å². The van der Waals surface area contributed by atoms with Gasteiger partial charge in [0.05, 0.1) is 11.9 Å². The summed E-state index contributed by atoms with van der Waals surface area (Å²) in [4.78, 5) is 25.0. The molecule has 0 aliphatic carbocycles. The van der Waals surface area contributed by atoms with Crippen molar-refractivity contribution < 1.29 is 14.6 Å². The summed E-state index contributed by atoms with van der Waals surface area (Å²) < 4.78 is 7.39. The maximum Gasteiger partial charge on any atom is 0.309 e. The molecule has 0 bridgehead atoms. The minimum atomic E-state index is -0.965. The van der Waals surface area contributed by atoms with E-state index in [4.69, 9.17) is 9.84 Å². The summed E-state index contributed by atoms with van der Waals surface area (Å²) >= 11 is 0. The molecule has 1 N–H and O–H groups in total. The Kier molecular flexibility index (Phi) is 4.82. The van der Waals surface area contributed by atoms with Gasteiger partial charge in [-0.15, -0.1) is 0 Å². The van der Waals surface area contributed by atoms with Crippen LogP contribution in [0.3, 0.4) is 0 Å². The summed E-state index contributed by atoms with van der Waals surface area (Å²) in [6.45, 7) is 1.33. The SMILES string of the molecule is CN(C)CCOc1ccc2c(=O)cc(CC(=O)O)n(C)c2c1. The molecule has 1 aromatic heterocycles. The van der Waals surface area contributed by atoms with E-state index in [1.54, 1.807) is 29.8 Å². The van der Waals surface area contributed by atoms with Crippen molar-refractivity contribution >= 4 is 16.9 Å². The van der Waals surface area contributed by atoms with Crippen LogP contribution in [-0.2, 0) is 18.3 Å². The molecule has 0 fully saturated rings. The Bertz CT molecular complexity index is 750. The number of fused-ring (bicyclic) bond motifs is 1. The van der Waals surface area contributed by atoms with E-state index in [1.807, 2.05) is 19.0 Å². The van der Waals surface area contributed by atoms with Gasteiger partial charge in [-0.1, -0.05) is 0 Å². The first-order valence-corrected chi connectivity index (χ1v) is 7.00. The van der Waals surface area contributed by atoms with E-state index in [1.165, 1.54) is 6.07 Å². The van der Waals surface area contributed by atoms with Crippen LogP contribution in [-0.4, -0.2) is 47.8 Å². The highest BCUT2D eigenvalue weighted by atomic mass is 16.5. The maximum atomic E-state index is 12.1. The van der Waals surface area contributed by atoms with E-state index in [-0.39, 0.29) is 11.8 Å². The number of likely N-dealkylation sites (N-methyl/N-ethyl adjacent to an activating group) is 1. The highest BCUT2D eigenvalue weighted by Gasteiger charge is 2.10. The van der Waals surface area contributed by atoms with Crippen molar-refractivity contribution in [1.29, 1.82) is 0 Å². The molecule has 1 heterocycles. The molecule has 0 radical (unpaired) electrons. The van der Waals surface area contributed by atoms with Gasteiger partial charge in [-0.25, -0.2) is 0 Å². The van der Waals surface area contributed by atoms with Crippen LogP contribution in [0.5, 0.6) is 5.75 Å². The van der Waals surface area contributed by atoms with Crippen LogP contribution in [0.2, 0.25) is 0 Å². The van der Waals surface area contributed by atoms with Gasteiger partial charge in [0.1, 0.15) is 12.4 Å². The Morgan fingerprint density at radius 3 is 2.68 bits per heavy atom. The Morgan fingerprint density at radius 1 is 1.32 bits per heavy atom. The topological polar surface area (TPSA) is 71.8 Å². The lowest BCUT2D eigenvalue weighted by atomic mass is 10.1. The Hall–Kier alpha value is -2.34. The largest absolute Gasteiger partial charge is 0.492 e. The number of rotatable bonds is 6. The summed E-state index contributed by atoms with van der Waals surface area (Å²) in [5, 5.41) is 9.48. The monoisotopic (exact) mass is 304 g/mol. The highest BCUT2D eigenvalue weighted by molar-refractivity contribution is 5.81. The number of aryl methyl sites for hydroxylation is 1. The molecular formula is C16H20N2O4. The van der Waals surface area contributed by atoms with Gasteiger partial charge in [-0.2, -0.15) is 0 Å². The second-order valence-electron chi connectivity index (χ2n) is 5.46. The van der Waals surface area contributed by atoms with Crippen LogP contribution in [0.4, 0.5) is 0 Å². The third kappa shape index (κ3) is 3.65. The number of carboxylic acids is 1.